The molecule has 0 aromatic rings. The SMILES string of the molecule is COC(=O)CC[C@@H](NC(=O)NCC1CCN(C)C1)C(=O)O. The fourth-order valence-electron chi connectivity index (χ4n) is 2.26. The van der Waals surface area contributed by atoms with E-state index in [1.54, 1.807) is 0 Å². The highest BCUT2D eigenvalue weighted by Gasteiger charge is 2.23. The van der Waals surface area contributed by atoms with E-state index in [1.807, 2.05) is 7.05 Å². The number of likely N-dealkylation sites (tertiary alicyclic amines) is 1. The predicted octanol–water partition coefficient (Wildman–Crippen LogP) is -0.356. The molecule has 3 N–H and O–H groups in total. The van der Waals surface area contributed by atoms with Crippen molar-refractivity contribution in [3.8, 4) is 0 Å². The van der Waals surface area contributed by atoms with Gasteiger partial charge in [-0.2, -0.15) is 0 Å². The first-order chi connectivity index (χ1) is 9.92. The van der Waals surface area contributed by atoms with Crippen molar-refractivity contribution in [3.63, 3.8) is 0 Å². The average molecular weight is 301 g/mol. The molecule has 0 radical (unpaired) electrons. The lowest BCUT2D eigenvalue weighted by molar-refractivity contribution is -0.142. The van der Waals surface area contributed by atoms with E-state index in [-0.39, 0.29) is 12.8 Å². The van der Waals surface area contributed by atoms with E-state index in [1.165, 1.54) is 7.11 Å². The van der Waals surface area contributed by atoms with Crippen LogP contribution in [0.15, 0.2) is 0 Å². The molecule has 1 aliphatic heterocycles. The van der Waals surface area contributed by atoms with Crippen LogP contribution in [-0.2, 0) is 14.3 Å². The second-order valence-corrected chi connectivity index (χ2v) is 5.28. The molecule has 1 unspecified atom stereocenters. The van der Waals surface area contributed by atoms with Gasteiger partial charge in [0.25, 0.3) is 0 Å². The number of rotatable bonds is 7. The Morgan fingerprint density at radius 1 is 1.43 bits per heavy atom. The van der Waals surface area contributed by atoms with Crippen LogP contribution in [0.25, 0.3) is 0 Å². The first kappa shape index (κ1) is 17.2. The number of esters is 1. The summed E-state index contributed by atoms with van der Waals surface area (Å²) >= 11 is 0. The van der Waals surface area contributed by atoms with Gasteiger partial charge < -0.3 is 25.4 Å². The number of carbonyl (C=O) groups excluding carboxylic acids is 2. The predicted molar refractivity (Wildman–Crippen MR) is 74.8 cm³/mol. The van der Waals surface area contributed by atoms with E-state index < -0.39 is 24.0 Å². The van der Waals surface area contributed by atoms with Crippen LogP contribution in [0.1, 0.15) is 19.3 Å². The lowest BCUT2D eigenvalue weighted by Gasteiger charge is -2.16. The third kappa shape index (κ3) is 6.44. The Kier molecular flexibility index (Phi) is 6.93. The minimum Gasteiger partial charge on any atom is -0.480 e. The summed E-state index contributed by atoms with van der Waals surface area (Å²) in [6, 6.07) is -1.63. The van der Waals surface area contributed by atoms with Crippen molar-refractivity contribution in [2.45, 2.75) is 25.3 Å². The van der Waals surface area contributed by atoms with E-state index in [0.717, 1.165) is 19.5 Å². The third-order valence-corrected chi connectivity index (χ3v) is 3.51. The number of methoxy groups -OCH3 is 1. The van der Waals surface area contributed by atoms with Gasteiger partial charge in [-0.05, 0) is 32.4 Å². The Morgan fingerprint density at radius 2 is 2.14 bits per heavy atom. The van der Waals surface area contributed by atoms with Crippen molar-refractivity contribution < 1.29 is 24.2 Å². The fourth-order valence-corrected chi connectivity index (χ4v) is 2.26. The smallest absolute Gasteiger partial charge is 0.326 e. The maximum absolute atomic E-state index is 11.7. The van der Waals surface area contributed by atoms with Crippen LogP contribution in [0, 0.1) is 5.92 Å². The van der Waals surface area contributed by atoms with Gasteiger partial charge in [-0.1, -0.05) is 0 Å². The number of carboxylic acid groups (broad SMARTS) is 1. The molecule has 8 heteroatoms. The van der Waals surface area contributed by atoms with Crippen molar-refractivity contribution >= 4 is 18.0 Å². The zero-order valence-corrected chi connectivity index (χ0v) is 12.4. The van der Waals surface area contributed by atoms with Gasteiger partial charge in [-0.15, -0.1) is 0 Å². The van der Waals surface area contributed by atoms with Crippen molar-refractivity contribution in [2.24, 2.45) is 5.92 Å². The highest BCUT2D eigenvalue weighted by atomic mass is 16.5. The quantitative estimate of drug-likeness (QED) is 0.554. The van der Waals surface area contributed by atoms with E-state index in [4.69, 9.17) is 5.11 Å². The first-order valence-electron chi connectivity index (χ1n) is 6.95. The molecule has 0 spiro atoms. The maximum Gasteiger partial charge on any atom is 0.326 e. The van der Waals surface area contributed by atoms with Gasteiger partial charge in [-0.25, -0.2) is 9.59 Å². The molecular formula is C13H23N3O5. The monoisotopic (exact) mass is 301 g/mol. The van der Waals surface area contributed by atoms with Gasteiger partial charge >= 0.3 is 18.0 Å². The van der Waals surface area contributed by atoms with Gasteiger partial charge in [0.15, 0.2) is 0 Å². The number of carboxylic acids is 1. The van der Waals surface area contributed by atoms with Crippen molar-refractivity contribution in [1.82, 2.24) is 15.5 Å². The van der Waals surface area contributed by atoms with Gasteiger partial charge in [0.05, 0.1) is 7.11 Å². The first-order valence-corrected chi connectivity index (χ1v) is 6.95. The zero-order valence-electron chi connectivity index (χ0n) is 12.4. The lowest BCUT2D eigenvalue weighted by Crippen LogP contribution is -2.47. The third-order valence-electron chi connectivity index (χ3n) is 3.51. The number of hydrogen-bond donors (Lipinski definition) is 3. The van der Waals surface area contributed by atoms with Crippen molar-refractivity contribution in [1.29, 1.82) is 0 Å². The number of hydrogen-bond acceptors (Lipinski definition) is 5. The topological polar surface area (TPSA) is 108 Å². The van der Waals surface area contributed by atoms with E-state index in [0.29, 0.717) is 12.5 Å². The number of carbonyl (C=O) groups is 3. The highest BCUT2D eigenvalue weighted by Crippen LogP contribution is 2.12. The molecule has 0 saturated carbocycles. The zero-order chi connectivity index (χ0) is 15.8. The van der Waals surface area contributed by atoms with Crippen molar-refractivity contribution in [3.05, 3.63) is 0 Å². The summed E-state index contributed by atoms with van der Waals surface area (Å²) in [5.74, 6) is -1.29. The Labute approximate surface area is 123 Å². The summed E-state index contributed by atoms with van der Waals surface area (Å²) in [4.78, 5) is 35.9. The van der Waals surface area contributed by atoms with Crippen LogP contribution in [0.5, 0.6) is 0 Å². The Bertz CT molecular complexity index is 388. The maximum atomic E-state index is 11.7. The number of amides is 2. The molecule has 1 saturated heterocycles. The molecule has 21 heavy (non-hydrogen) atoms. The van der Waals surface area contributed by atoms with Crippen LogP contribution < -0.4 is 10.6 Å². The number of urea groups is 1. The molecule has 0 aromatic heterocycles. The molecule has 120 valence electrons. The Morgan fingerprint density at radius 3 is 2.67 bits per heavy atom. The van der Waals surface area contributed by atoms with Gasteiger partial charge in [0.2, 0.25) is 0 Å². The Hall–Kier alpha value is -1.83. The number of nitrogens with one attached hydrogen (secondary N) is 2. The van der Waals surface area contributed by atoms with Crippen LogP contribution in [-0.4, -0.2) is 67.8 Å². The molecule has 0 bridgehead atoms. The normalized spacial score (nSPS) is 19.8. The summed E-state index contributed by atoms with van der Waals surface area (Å²) in [7, 11) is 3.25. The van der Waals surface area contributed by atoms with Gasteiger partial charge in [0, 0.05) is 19.5 Å². The number of nitrogens with zero attached hydrogens (tertiary/aromatic N) is 1. The molecule has 1 rings (SSSR count). The standard InChI is InChI=1S/C13H23N3O5/c1-16-6-5-9(8-16)7-14-13(20)15-10(12(18)19)3-4-11(17)21-2/h9-10H,3-8H2,1-2H3,(H,18,19)(H2,14,15,20)/t9?,10-/m1/s1. The van der Waals surface area contributed by atoms with Gasteiger partial charge in [0.1, 0.15) is 6.04 Å². The molecule has 1 heterocycles. The second-order valence-electron chi connectivity index (χ2n) is 5.28. The molecule has 2 amide bonds. The van der Waals surface area contributed by atoms with E-state index >= 15 is 0 Å². The molecule has 1 fully saturated rings. The van der Waals surface area contributed by atoms with Crippen LogP contribution in [0.2, 0.25) is 0 Å². The summed E-state index contributed by atoms with van der Waals surface area (Å²) in [6.07, 6.45) is 0.963. The molecule has 8 nitrogen and oxygen atoms in total. The number of ether oxygens (including phenoxy) is 1. The molecule has 0 aromatic carbocycles. The highest BCUT2D eigenvalue weighted by molar-refractivity contribution is 5.83. The second kappa shape index (κ2) is 8.46. The van der Waals surface area contributed by atoms with Gasteiger partial charge in [-0.3, -0.25) is 4.79 Å². The summed E-state index contributed by atoms with van der Waals surface area (Å²) < 4.78 is 4.45. The largest absolute Gasteiger partial charge is 0.480 e. The number of aliphatic carboxylic acids is 1. The van der Waals surface area contributed by atoms with Crippen LogP contribution in [0.4, 0.5) is 4.79 Å². The average Bonchev–Trinajstić information content (AvgIpc) is 2.86. The van der Waals surface area contributed by atoms with Crippen LogP contribution >= 0.6 is 0 Å². The van der Waals surface area contributed by atoms with Crippen molar-refractivity contribution in [2.75, 3.05) is 33.8 Å². The summed E-state index contributed by atoms with van der Waals surface area (Å²) in [5, 5.41) is 14.1. The molecule has 2 atom stereocenters. The fraction of sp³-hybridized carbons (Fsp3) is 0.769. The molecular weight excluding hydrogens is 278 g/mol. The lowest BCUT2D eigenvalue weighted by atomic mass is 10.1. The summed E-state index contributed by atoms with van der Waals surface area (Å²) in [5.41, 5.74) is 0. The Balaban J connectivity index is 2.31. The minimum absolute atomic E-state index is 0.00158. The molecule has 0 aliphatic carbocycles. The summed E-state index contributed by atoms with van der Waals surface area (Å²) in [6.45, 7) is 2.44. The van der Waals surface area contributed by atoms with E-state index in [9.17, 15) is 14.4 Å². The van der Waals surface area contributed by atoms with E-state index in [2.05, 4.69) is 20.3 Å². The molecule has 1 aliphatic rings. The van der Waals surface area contributed by atoms with Crippen LogP contribution in [0.3, 0.4) is 0 Å². The minimum atomic E-state index is -1.17.